The number of nitro groups is 1. The van der Waals surface area contributed by atoms with Crippen molar-refractivity contribution in [2.75, 3.05) is 26.2 Å². The van der Waals surface area contributed by atoms with Gasteiger partial charge in [0.05, 0.1) is 12.7 Å². The molecule has 4 amide bonds. The third-order valence-electron chi connectivity index (χ3n) is 10.4. The first-order valence-electron chi connectivity index (χ1n) is 22.7. The Kier molecular flexibility index (Phi) is 23.7. The van der Waals surface area contributed by atoms with E-state index in [0.717, 1.165) is 30.7 Å². The number of nitrogens with zero attached hydrogens (tertiary/aromatic N) is 3. The van der Waals surface area contributed by atoms with Crippen LogP contribution in [-0.4, -0.2) is 153 Å². The number of ether oxygens (including phenoxy) is 5. The van der Waals surface area contributed by atoms with Gasteiger partial charge in [-0.3, -0.25) is 38.3 Å². The first-order valence-corrected chi connectivity index (χ1v) is 22.7. The van der Waals surface area contributed by atoms with E-state index >= 15 is 0 Å². The van der Waals surface area contributed by atoms with Crippen LogP contribution in [0.4, 0.5) is 4.79 Å². The van der Waals surface area contributed by atoms with E-state index in [0.29, 0.717) is 5.56 Å². The third kappa shape index (κ3) is 18.7. The van der Waals surface area contributed by atoms with Gasteiger partial charge in [0.1, 0.15) is 43.0 Å². The summed E-state index contributed by atoms with van der Waals surface area (Å²) < 4.78 is 28.1. The van der Waals surface area contributed by atoms with E-state index in [1.54, 1.807) is 49.6 Å². The van der Waals surface area contributed by atoms with Crippen molar-refractivity contribution in [3.63, 3.8) is 0 Å². The largest absolute Gasteiger partial charge is 0.465 e. The standard InChI is InChI=1S/C43H63N11O18/c1-7-68-40(63)31(32(59)33-34(70-24(5)56)35(71-25(6)57)38(72-33)53-20-16-28(58)49-43(53)65)45-18-12-19-46-37(61)30(23(4)55)50-36(60)27(15-11-17-47-41(44)52-54(66)67)48-42(64)51-29(22(2)3)39(62)69-21-26-13-9-8-10-14-26/h8-10,13-14,16,20,22-23,27,29-35,38,45,55,59H,7,11-12,15,17-19,21H2,1-6H3,(H,46,61)(H,50,60)(H3,44,47,52)(H2,48,51,64)(H,49,58,65). The highest BCUT2D eigenvalue weighted by molar-refractivity contribution is 5.93. The van der Waals surface area contributed by atoms with E-state index < -0.39 is 131 Å². The Hall–Kier alpha value is -7.50. The van der Waals surface area contributed by atoms with Gasteiger partial charge >= 0.3 is 35.6 Å². The van der Waals surface area contributed by atoms with Crippen LogP contribution in [0.25, 0.3) is 0 Å². The minimum atomic E-state index is -1.94. The fraction of sp³-hybridized carbons (Fsp3) is 0.581. The zero-order valence-electron chi connectivity index (χ0n) is 40.4. The molecule has 0 saturated carbocycles. The number of nitrogens with one attached hydrogen (secondary N) is 7. The topological polar surface area (TPSA) is 415 Å². The average molecular weight is 1020 g/mol. The lowest BCUT2D eigenvalue weighted by Gasteiger charge is -2.30. The van der Waals surface area contributed by atoms with E-state index in [2.05, 4.69) is 31.6 Å². The molecule has 72 heavy (non-hydrogen) atoms. The maximum atomic E-state index is 13.7. The van der Waals surface area contributed by atoms with E-state index in [1.165, 1.54) is 13.8 Å². The van der Waals surface area contributed by atoms with Crippen molar-refractivity contribution in [1.29, 1.82) is 0 Å². The normalized spacial score (nSPS) is 19.0. The van der Waals surface area contributed by atoms with Gasteiger partial charge in [-0.25, -0.2) is 29.5 Å². The van der Waals surface area contributed by atoms with Gasteiger partial charge in [-0.15, -0.1) is 0 Å². The van der Waals surface area contributed by atoms with Gasteiger partial charge < -0.3 is 66.2 Å². The molecule has 1 aromatic carbocycles. The van der Waals surface area contributed by atoms with Crippen molar-refractivity contribution in [1.82, 2.24) is 41.6 Å². The Morgan fingerprint density at radius 3 is 2.12 bits per heavy atom. The summed E-state index contributed by atoms with van der Waals surface area (Å²) in [5, 5.41) is 44.7. The summed E-state index contributed by atoms with van der Waals surface area (Å²) in [4.78, 5) is 132. The first-order chi connectivity index (χ1) is 34.0. The Morgan fingerprint density at radius 2 is 1.53 bits per heavy atom. The number of amides is 4. The molecule has 11 N–H and O–H groups in total. The highest BCUT2D eigenvalue weighted by atomic mass is 16.7. The van der Waals surface area contributed by atoms with Crippen LogP contribution < -0.4 is 49.0 Å². The lowest BCUT2D eigenvalue weighted by molar-refractivity contribution is -0.525. The molecule has 3 rings (SSSR count). The van der Waals surface area contributed by atoms with Crippen molar-refractivity contribution in [2.45, 2.75) is 128 Å². The molecular weight excluding hydrogens is 959 g/mol. The second kappa shape index (κ2) is 29.0. The Balaban J connectivity index is 1.73. The monoisotopic (exact) mass is 1020 g/mol. The van der Waals surface area contributed by atoms with Gasteiger partial charge in [-0.2, -0.15) is 0 Å². The molecule has 0 radical (unpaired) electrons. The molecule has 10 atom stereocenters. The summed E-state index contributed by atoms with van der Waals surface area (Å²) >= 11 is 0. The molecule has 1 aromatic heterocycles. The van der Waals surface area contributed by atoms with Gasteiger partial charge in [0.2, 0.25) is 11.8 Å². The van der Waals surface area contributed by atoms with Crippen LogP contribution in [0, 0.1) is 16.0 Å². The fourth-order valence-corrected chi connectivity index (χ4v) is 7.08. The number of esters is 4. The number of hydrazine groups is 1. The fourth-order valence-electron chi connectivity index (χ4n) is 7.08. The van der Waals surface area contributed by atoms with Gasteiger partial charge in [0.25, 0.3) is 11.5 Å². The molecule has 0 bridgehead atoms. The number of hydrogen-bond acceptors (Lipinski definition) is 20. The summed E-state index contributed by atoms with van der Waals surface area (Å²) in [6, 6.07) is 2.91. The number of carbonyl (C=O) groups excluding carboxylic acids is 7. The number of urea groups is 1. The summed E-state index contributed by atoms with van der Waals surface area (Å²) in [5.41, 5.74) is 6.07. The van der Waals surface area contributed by atoms with Crippen LogP contribution in [0.1, 0.15) is 72.6 Å². The summed E-state index contributed by atoms with van der Waals surface area (Å²) in [7, 11) is 0. The average Bonchev–Trinajstić information content (AvgIpc) is 3.63. The number of aromatic amines is 1. The number of aliphatic imine (C=N–C) groups is 1. The van der Waals surface area contributed by atoms with Crippen LogP contribution in [0.15, 0.2) is 57.2 Å². The molecule has 29 nitrogen and oxygen atoms in total. The summed E-state index contributed by atoms with van der Waals surface area (Å²) in [5.74, 6) is -6.44. The van der Waals surface area contributed by atoms with Crippen molar-refractivity contribution in [3.05, 3.63) is 79.1 Å². The second-order valence-electron chi connectivity index (χ2n) is 16.5. The van der Waals surface area contributed by atoms with Gasteiger partial charge in [0, 0.05) is 39.2 Å². The molecule has 0 spiro atoms. The minimum absolute atomic E-state index is 0.00492. The van der Waals surface area contributed by atoms with Crippen molar-refractivity contribution >= 4 is 47.7 Å². The van der Waals surface area contributed by atoms with E-state index in [-0.39, 0.29) is 52.1 Å². The van der Waals surface area contributed by atoms with Crippen LogP contribution in [0.2, 0.25) is 0 Å². The highest BCUT2D eigenvalue weighted by Crippen LogP contribution is 2.35. The maximum Gasteiger partial charge on any atom is 0.330 e. The molecule has 29 heteroatoms. The van der Waals surface area contributed by atoms with Gasteiger partial charge in [-0.05, 0) is 51.1 Å². The van der Waals surface area contributed by atoms with Crippen LogP contribution in [-0.2, 0) is 59.1 Å². The lowest BCUT2D eigenvalue weighted by Crippen LogP contribution is -2.59. The number of guanidine groups is 1. The minimum Gasteiger partial charge on any atom is -0.465 e. The molecule has 1 aliphatic rings. The Bertz CT molecular complexity index is 2330. The molecule has 2 aromatic rings. The van der Waals surface area contributed by atoms with Gasteiger partial charge in [0.15, 0.2) is 23.5 Å². The molecule has 1 fully saturated rings. The number of H-pyrrole nitrogens is 1. The van der Waals surface area contributed by atoms with Crippen molar-refractivity contribution in [2.24, 2.45) is 16.6 Å². The lowest BCUT2D eigenvalue weighted by atomic mass is 9.98. The van der Waals surface area contributed by atoms with Gasteiger partial charge in [-0.1, -0.05) is 49.6 Å². The van der Waals surface area contributed by atoms with Crippen LogP contribution in [0.5, 0.6) is 0 Å². The number of nitrogens with two attached hydrogens (primary N) is 1. The molecular formula is C43H63N11O18. The number of benzene rings is 1. The summed E-state index contributed by atoms with van der Waals surface area (Å²) in [6.07, 6.45) is -9.03. The third-order valence-corrected chi connectivity index (χ3v) is 10.4. The highest BCUT2D eigenvalue weighted by Gasteiger charge is 2.55. The van der Waals surface area contributed by atoms with E-state index in [1.807, 2.05) is 4.98 Å². The zero-order chi connectivity index (χ0) is 53.7. The predicted molar refractivity (Wildman–Crippen MR) is 248 cm³/mol. The molecule has 1 aliphatic heterocycles. The first kappa shape index (κ1) is 58.8. The molecule has 10 unspecified atom stereocenters. The summed E-state index contributed by atoms with van der Waals surface area (Å²) in [6.45, 7) is 7.35. The number of aliphatic hydroxyl groups is 2. The Labute approximate surface area is 411 Å². The number of aromatic nitrogens is 2. The number of carbonyl (C=O) groups is 7. The quantitative estimate of drug-likeness (QED) is 0.00804. The Morgan fingerprint density at radius 1 is 0.875 bits per heavy atom. The van der Waals surface area contributed by atoms with Crippen LogP contribution in [0.3, 0.4) is 0 Å². The zero-order valence-corrected chi connectivity index (χ0v) is 40.4. The maximum absolute atomic E-state index is 13.7. The molecule has 1 saturated heterocycles. The van der Waals surface area contributed by atoms with Crippen molar-refractivity contribution < 1.29 is 72.5 Å². The molecule has 0 aliphatic carbocycles. The molecule has 398 valence electrons. The van der Waals surface area contributed by atoms with E-state index in [4.69, 9.17) is 29.4 Å². The van der Waals surface area contributed by atoms with Crippen LogP contribution >= 0.6 is 0 Å². The number of aliphatic hydroxyl groups excluding tert-OH is 2. The number of hydrogen-bond donors (Lipinski definition) is 10. The molecule has 2 heterocycles. The SMILES string of the molecule is CCOC(=O)C(NCCCNC(=O)C(NC(=O)C(CCCN=C(N)N[N+](=O)[O-])NC(=O)NC(C(=O)OCc1ccccc1)C(C)C)C(C)O)C(O)C1OC(n2ccc(=O)[nH]c2=O)C(OC(C)=O)C1OC(C)=O. The number of rotatable bonds is 27. The smallest absolute Gasteiger partial charge is 0.330 e. The predicted octanol–water partition coefficient (Wildman–Crippen LogP) is -3.14. The van der Waals surface area contributed by atoms with Crippen molar-refractivity contribution in [3.8, 4) is 0 Å². The second-order valence-corrected chi connectivity index (χ2v) is 16.5. The van der Waals surface area contributed by atoms with E-state index in [9.17, 15) is 63.5 Å².